The van der Waals surface area contributed by atoms with Crippen molar-refractivity contribution in [1.82, 2.24) is 4.72 Å². The van der Waals surface area contributed by atoms with Crippen LogP contribution in [0.5, 0.6) is 0 Å². The number of hydrogen-bond donors (Lipinski definition) is 1. The highest BCUT2D eigenvalue weighted by Crippen LogP contribution is 2.52. The maximum absolute atomic E-state index is 12.7. The van der Waals surface area contributed by atoms with Gasteiger partial charge < -0.3 is 4.74 Å². The summed E-state index contributed by atoms with van der Waals surface area (Å²) < 4.78 is 71.2. The standard InChI is InChI=1S/C15H26F3NO3S/c1-13(2)12(9-14(13,3)22-4)19-23(20,21)11-7-5-10(6-8-11)15(16,17)18/h10-12,19H,5-9H2,1-4H3. The Hall–Kier alpha value is -0.340. The minimum Gasteiger partial charge on any atom is -0.378 e. The zero-order chi connectivity index (χ0) is 17.7. The van der Waals surface area contributed by atoms with Crippen molar-refractivity contribution in [2.24, 2.45) is 11.3 Å². The van der Waals surface area contributed by atoms with Gasteiger partial charge in [0.05, 0.1) is 16.8 Å². The zero-order valence-corrected chi connectivity index (χ0v) is 14.9. The summed E-state index contributed by atoms with van der Waals surface area (Å²) in [5, 5.41) is -0.730. The van der Waals surface area contributed by atoms with Crippen molar-refractivity contribution >= 4 is 10.0 Å². The zero-order valence-electron chi connectivity index (χ0n) is 14.0. The van der Waals surface area contributed by atoms with Crippen molar-refractivity contribution in [3.05, 3.63) is 0 Å². The summed E-state index contributed by atoms with van der Waals surface area (Å²) in [5.74, 6) is -1.37. The quantitative estimate of drug-likeness (QED) is 0.840. The number of hydrogen-bond acceptors (Lipinski definition) is 3. The third-order valence-electron chi connectivity index (χ3n) is 6.16. The molecule has 2 saturated carbocycles. The molecule has 2 aliphatic carbocycles. The molecule has 136 valence electrons. The maximum atomic E-state index is 12.7. The Bertz CT molecular complexity index is 539. The number of alkyl halides is 3. The molecule has 0 saturated heterocycles. The summed E-state index contributed by atoms with van der Waals surface area (Å²) in [6, 6.07) is -0.252. The van der Waals surface area contributed by atoms with Gasteiger partial charge in [0.25, 0.3) is 0 Å². The summed E-state index contributed by atoms with van der Waals surface area (Å²) in [7, 11) is -2.01. The van der Waals surface area contributed by atoms with Crippen LogP contribution in [-0.4, -0.2) is 38.6 Å². The molecule has 0 radical (unpaired) electrons. The monoisotopic (exact) mass is 357 g/mol. The fourth-order valence-corrected chi connectivity index (χ4v) is 5.54. The van der Waals surface area contributed by atoms with E-state index in [0.717, 1.165) is 0 Å². The number of nitrogens with one attached hydrogen (secondary N) is 1. The molecule has 2 atom stereocenters. The minimum atomic E-state index is -4.22. The first-order chi connectivity index (χ1) is 10.3. The molecule has 0 aromatic rings. The molecule has 2 unspecified atom stereocenters. The van der Waals surface area contributed by atoms with Crippen LogP contribution in [0.15, 0.2) is 0 Å². The molecule has 2 rings (SSSR count). The van der Waals surface area contributed by atoms with E-state index in [1.54, 1.807) is 7.11 Å². The van der Waals surface area contributed by atoms with Crippen molar-refractivity contribution in [3.63, 3.8) is 0 Å². The van der Waals surface area contributed by atoms with Crippen LogP contribution >= 0.6 is 0 Å². The van der Waals surface area contributed by atoms with Crippen molar-refractivity contribution in [2.75, 3.05) is 7.11 Å². The summed E-state index contributed by atoms with van der Waals surface area (Å²) in [4.78, 5) is 0. The molecular formula is C15H26F3NO3S. The molecule has 8 heteroatoms. The van der Waals surface area contributed by atoms with Gasteiger partial charge in [0.15, 0.2) is 0 Å². The number of sulfonamides is 1. The van der Waals surface area contributed by atoms with Gasteiger partial charge >= 0.3 is 6.18 Å². The lowest BCUT2D eigenvalue weighted by atomic mass is 9.56. The van der Waals surface area contributed by atoms with Crippen LogP contribution in [0.3, 0.4) is 0 Å². The summed E-state index contributed by atoms with van der Waals surface area (Å²) in [6.07, 6.45) is -3.76. The summed E-state index contributed by atoms with van der Waals surface area (Å²) in [6.45, 7) is 5.81. The second-order valence-electron chi connectivity index (χ2n) is 7.59. The molecule has 2 aliphatic rings. The van der Waals surface area contributed by atoms with Gasteiger partial charge in [-0.05, 0) is 39.0 Å². The van der Waals surface area contributed by atoms with Crippen molar-refractivity contribution in [1.29, 1.82) is 0 Å². The van der Waals surface area contributed by atoms with Crippen LogP contribution in [0.2, 0.25) is 0 Å². The van der Waals surface area contributed by atoms with Gasteiger partial charge in [0, 0.05) is 18.6 Å². The molecule has 1 N–H and O–H groups in total. The van der Waals surface area contributed by atoms with Gasteiger partial charge in [0.2, 0.25) is 10.0 Å². The minimum absolute atomic E-state index is 0.0637. The van der Waals surface area contributed by atoms with Gasteiger partial charge in [0.1, 0.15) is 0 Å². The van der Waals surface area contributed by atoms with Crippen LogP contribution in [-0.2, 0) is 14.8 Å². The van der Waals surface area contributed by atoms with Crippen LogP contribution in [0.1, 0.15) is 52.9 Å². The lowest BCUT2D eigenvalue weighted by molar-refractivity contribution is -0.181. The molecular weight excluding hydrogens is 331 g/mol. The Labute approximate surface area is 136 Å². The lowest BCUT2D eigenvalue weighted by Gasteiger charge is -2.59. The Kier molecular flexibility index (Phi) is 4.85. The van der Waals surface area contributed by atoms with Crippen LogP contribution < -0.4 is 4.72 Å². The third-order valence-corrected chi connectivity index (χ3v) is 8.12. The molecule has 0 aliphatic heterocycles. The topological polar surface area (TPSA) is 55.4 Å². The third kappa shape index (κ3) is 3.39. The first-order valence-electron chi connectivity index (χ1n) is 7.96. The molecule has 23 heavy (non-hydrogen) atoms. The second-order valence-corrected chi connectivity index (χ2v) is 9.58. The Morgan fingerprint density at radius 2 is 1.61 bits per heavy atom. The van der Waals surface area contributed by atoms with E-state index in [9.17, 15) is 21.6 Å². The van der Waals surface area contributed by atoms with Crippen LogP contribution in [0.25, 0.3) is 0 Å². The fourth-order valence-electron chi connectivity index (χ4n) is 3.68. The maximum Gasteiger partial charge on any atom is 0.391 e. The van der Waals surface area contributed by atoms with Crippen molar-refractivity contribution in [3.8, 4) is 0 Å². The fraction of sp³-hybridized carbons (Fsp3) is 1.00. The van der Waals surface area contributed by atoms with E-state index in [0.29, 0.717) is 6.42 Å². The van der Waals surface area contributed by atoms with E-state index in [1.807, 2.05) is 20.8 Å². The molecule has 2 fully saturated rings. The van der Waals surface area contributed by atoms with E-state index < -0.39 is 33.0 Å². The van der Waals surface area contributed by atoms with Crippen LogP contribution in [0, 0.1) is 11.3 Å². The van der Waals surface area contributed by atoms with Crippen molar-refractivity contribution in [2.45, 2.75) is 75.9 Å². The van der Waals surface area contributed by atoms with E-state index in [2.05, 4.69) is 4.72 Å². The molecule has 4 nitrogen and oxygen atoms in total. The number of halogens is 3. The predicted molar refractivity (Wildman–Crippen MR) is 81.5 cm³/mol. The predicted octanol–water partition coefficient (Wildman–Crippen LogP) is 3.23. The molecule has 0 heterocycles. The van der Waals surface area contributed by atoms with Gasteiger partial charge in [-0.1, -0.05) is 13.8 Å². The Morgan fingerprint density at radius 1 is 1.09 bits per heavy atom. The first kappa shape index (κ1) is 19.0. The average Bonchev–Trinajstić information content (AvgIpc) is 2.45. The van der Waals surface area contributed by atoms with E-state index >= 15 is 0 Å². The summed E-state index contributed by atoms with van der Waals surface area (Å²) in [5.41, 5.74) is -0.758. The SMILES string of the molecule is COC1(C)CC(NS(=O)(=O)C2CCC(C(F)(F)F)CC2)C1(C)C. The van der Waals surface area contributed by atoms with Crippen molar-refractivity contribution < 1.29 is 26.3 Å². The molecule has 0 amide bonds. The highest BCUT2D eigenvalue weighted by Gasteiger charge is 2.59. The number of rotatable bonds is 4. The number of methoxy groups -OCH3 is 1. The van der Waals surface area contributed by atoms with Gasteiger partial charge in [-0.15, -0.1) is 0 Å². The highest BCUT2D eigenvalue weighted by molar-refractivity contribution is 7.90. The van der Waals surface area contributed by atoms with E-state index in [4.69, 9.17) is 4.74 Å². The average molecular weight is 357 g/mol. The van der Waals surface area contributed by atoms with Gasteiger partial charge in [-0.2, -0.15) is 13.2 Å². The largest absolute Gasteiger partial charge is 0.391 e. The smallest absolute Gasteiger partial charge is 0.378 e. The van der Waals surface area contributed by atoms with Crippen LogP contribution in [0.4, 0.5) is 13.2 Å². The Balaban J connectivity index is 1.97. The molecule has 0 aromatic carbocycles. The van der Waals surface area contributed by atoms with E-state index in [1.165, 1.54) is 0 Å². The number of ether oxygens (including phenoxy) is 1. The normalized spacial score (nSPS) is 38.1. The van der Waals surface area contributed by atoms with Gasteiger partial charge in [-0.3, -0.25) is 0 Å². The molecule has 0 spiro atoms. The highest BCUT2D eigenvalue weighted by atomic mass is 32.2. The van der Waals surface area contributed by atoms with Gasteiger partial charge in [-0.25, -0.2) is 13.1 Å². The lowest BCUT2D eigenvalue weighted by Crippen LogP contribution is -2.69. The molecule has 0 aromatic heterocycles. The second kappa shape index (κ2) is 5.88. The summed E-state index contributed by atoms with van der Waals surface area (Å²) >= 11 is 0. The van der Waals surface area contributed by atoms with E-state index in [-0.39, 0.29) is 37.1 Å². The Morgan fingerprint density at radius 3 is 2.00 bits per heavy atom. The first-order valence-corrected chi connectivity index (χ1v) is 9.51. The molecule has 0 bridgehead atoms.